The van der Waals surface area contributed by atoms with E-state index in [1.165, 1.54) is 43.2 Å². The summed E-state index contributed by atoms with van der Waals surface area (Å²) in [5.74, 6) is 0.890. The molecule has 0 unspecified atom stereocenters. The molecule has 0 radical (unpaired) electrons. The monoisotopic (exact) mass is 478 g/mol. The normalized spacial score (nSPS) is 10.9. The van der Waals surface area contributed by atoms with Crippen molar-refractivity contribution in [1.82, 2.24) is 4.98 Å². The number of hydrogen-bond acceptors (Lipinski definition) is 3. The Morgan fingerprint density at radius 3 is 2.28 bits per heavy atom. The fraction of sp³-hybridized carbons (Fsp3) is 0.303. The first kappa shape index (κ1) is 25.5. The van der Waals surface area contributed by atoms with Gasteiger partial charge in [-0.25, -0.2) is 4.98 Å². The zero-order valence-corrected chi connectivity index (χ0v) is 21.9. The zero-order valence-electron chi connectivity index (χ0n) is 21.9. The van der Waals surface area contributed by atoms with Crippen molar-refractivity contribution in [2.24, 2.45) is 0 Å². The summed E-state index contributed by atoms with van der Waals surface area (Å²) in [4.78, 5) is 5.07. The zero-order chi connectivity index (χ0) is 25.2. The Bertz CT molecular complexity index is 1250. The Balaban J connectivity index is 1.62. The molecule has 0 atom stereocenters. The average molecular weight is 479 g/mol. The third kappa shape index (κ3) is 6.75. The van der Waals surface area contributed by atoms with E-state index in [1.54, 1.807) is 0 Å². The second-order valence-corrected chi connectivity index (χ2v) is 9.48. The Kier molecular flexibility index (Phi) is 9.15. The molecule has 1 N–H and O–H groups in total. The van der Waals surface area contributed by atoms with Gasteiger partial charge in [-0.1, -0.05) is 93.6 Å². The van der Waals surface area contributed by atoms with E-state index < -0.39 is 0 Å². The molecule has 4 rings (SSSR count). The highest BCUT2D eigenvalue weighted by Crippen LogP contribution is 2.34. The van der Waals surface area contributed by atoms with E-state index in [0.29, 0.717) is 0 Å². The van der Waals surface area contributed by atoms with Crippen molar-refractivity contribution in [3.05, 3.63) is 96.1 Å². The lowest BCUT2D eigenvalue weighted by Gasteiger charge is -2.16. The number of rotatable bonds is 12. The van der Waals surface area contributed by atoms with Crippen molar-refractivity contribution in [3.8, 4) is 28.3 Å². The summed E-state index contributed by atoms with van der Waals surface area (Å²) in [5.41, 5.74) is 8.59. The molecule has 0 bridgehead atoms. The molecule has 36 heavy (non-hydrogen) atoms. The molecule has 1 aromatic heterocycles. The molecule has 0 fully saturated rings. The van der Waals surface area contributed by atoms with Crippen LogP contribution in [0.1, 0.15) is 56.6 Å². The first-order valence-electron chi connectivity index (χ1n) is 13.3. The second-order valence-electron chi connectivity index (χ2n) is 9.48. The van der Waals surface area contributed by atoms with Crippen molar-refractivity contribution in [1.29, 1.82) is 0 Å². The maximum absolute atomic E-state index is 6.28. The van der Waals surface area contributed by atoms with E-state index in [4.69, 9.17) is 9.72 Å². The number of aryl methyl sites for hydroxylation is 1. The molecular weight excluding hydrogens is 440 g/mol. The first-order valence-corrected chi connectivity index (χ1v) is 13.3. The van der Waals surface area contributed by atoms with Crippen molar-refractivity contribution in [2.75, 3.05) is 11.9 Å². The Morgan fingerprint density at radius 1 is 0.722 bits per heavy atom. The summed E-state index contributed by atoms with van der Waals surface area (Å²) in [6.07, 6.45) is 7.50. The van der Waals surface area contributed by atoms with Gasteiger partial charge in [-0.05, 0) is 61.7 Å². The molecule has 3 aromatic carbocycles. The minimum Gasteiger partial charge on any atom is -0.493 e. The SMILES string of the molecule is CCCCCCCCOc1ccccc1-c1cc(Nc2cccc(C)c2C)cc(-c2ccccc2)n1. The number of hydrogen-bond donors (Lipinski definition) is 1. The lowest BCUT2D eigenvalue weighted by molar-refractivity contribution is 0.305. The average Bonchev–Trinajstić information content (AvgIpc) is 2.91. The van der Waals surface area contributed by atoms with Gasteiger partial charge in [-0.3, -0.25) is 0 Å². The number of benzene rings is 3. The quantitative estimate of drug-likeness (QED) is 0.206. The Labute approximate surface area is 216 Å². The van der Waals surface area contributed by atoms with E-state index >= 15 is 0 Å². The summed E-state index contributed by atoms with van der Waals surface area (Å²) in [6, 6.07) is 29.2. The lowest BCUT2D eigenvalue weighted by Crippen LogP contribution is -2.01. The van der Waals surface area contributed by atoms with Crippen LogP contribution >= 0.6 is 0 Å². The van der Waals surface area contributed by atoms with Crippen molar-refractivity contribution >= 4 is 11.4 Å². The van der Waals surface area contributed by atoms with Gasteiger partial charge >= 0.3 is 0 Å². The van der Waals surface area contributed by atoms with Crippen LogP contribution in [0, 0.1) is 13.8 Å². The second kappa shape index (κ2) is 12.9. The molecule has 0 spiro atoms. The van der Waals surface area contributed by atoms with Crippen LogP contribution in [0.25, 0.3) is 22.5 Å². The minimum absolute atomic E-state index is 0.731. The van der Waals surface area contributed by atoms with Gasteiger partial charge in [0.15, 0.2) is 0 Å². The molecule has 4 aromatic rings. The highest BCUT2D eigenvalue weighted by Gasteiger charge is 2.12. The number of anilines is 2. The maximum atomic E-state index is 6.28. The molecule has 0 aliphatic carbocycles. The van der Waals surface area contributed by atoms with Crippen molar-refractivity contribution in [2.45, 2.75) is 59.3 Å². The first-order chi connectivity index (χ1) is 17.7. The topological polar surface area (TPSA) is 34.1 Å². The van der Waals surface area contributed by atoms with E-state index in [9.17, 15) is 0 Å². The lowest BCUT2D eigenvalue weighted by atomic mass is 10.0. The molecular formula is C33H38N2O. The Hall–Kier alpha value is -3.59. The number of nitrogens with zero attached hydrogens (tertiary/aromatic N) is 1. The minimum atomic E-state index is 0.731. The Morgan fingerprint density at radius 2 is 1.44 bits per heavy atom. The van der Waals surface area contributed by atoms with Crippen LogP contribution in [-0.4, -0.2) is 11.6 Å². The smallest absolute Gasteiger partial charge is 0.128 e. The molecule has 0 saturated heterocycles. The van der Waals surface area contributed by atoms with Crippen molar-refractivity contribution < 1.29 is 4.74 Å². The number of unbranched alkanes of at least 4 members (excludes halogenated alkanes) is 5. The van der Waals surface area contributed by atoms with Gasteiger partial charge in [0.05, 0.1) is 18.0 Å². The summed E-state index contributed by atoms with van der Waals surface area (Å²) < 4.78 is 6.28. The van der Waals surface area contributed by atoms with Crippen LogP contribution in [0.4, 0.5) is 11.4 Å². The largest absolute Gasteiger partial charge is 0.493 e. The summed E-state index contributed by atoms with van der Waals surface area (Å²) >= 11 is 0. The number of ether oxygens (including phenoxy) is 1. The van der Waals surface area contributed by atoms with Crippen LogP contribution in [0.2, 0.25) is 0 Å². The summed E-state index contributed by atoms with van der Waals surface area (Å²) in [5, 5.41) is 3.65. The fourth-order valence-corrected chi connectivity index (χ4v) is 4.41. The maximum Gasteiger partial charge on any atom is 0.128 e. The fourth-order valence-electron chi connectivity index (χ4n) is 4.41. The van der Waals surface area contributed by atoms with Gasteiger partial charge in [-0.2, -0.15) is 0 Å². The summed E-state index contributed by atoms with van der Waals surface area (Å²) in [7, 11) is 0. The molecule has 3 nitrogen and oxygen atoms in total. The van der Waals surface area contributed by atoms with Crippen LogP contribution in [0.5, 0.6) is 5.75 Å². The van der Waals surface area contributed by atoms with Crippen molar-refractivity contribution in [3.63, 3.8) is 0 Å². The van der Waals surface area contributed by atoms with Gasteiger partial charge in [0, 0.05) is 22.5 Å². The van der Waals surface area contributed by atoms with Crippen LogP contribution in [0.15, 0.2) is 84.9 Å². The van der Waals surface area contributed by atoms with Crippen LogP contribution < -0.4 is 10.1 Å². The van der Waals surface area contributed by atoms with Crippen LogP contribution in [0.3, 0.4) is 0 Å². The number of para-hydroxylation sites is 1. The van der Waals surface area contributed by atoms with Gasteiger partial charge in [-0.15, -0.1) is 0 Å². The predicted molar refractivity (Wildman–Crippen MR) is 153 cm³/mol. The van der Waals surface area contributed by atoms with Gasteiger partial charge in [0.25, 0.3) is 0 Å². The number of nitrogens with one attached hydrogen (secondary N) is 1. The highest BCUT2D eigenvalue weighted by molar-refractivity contribution is 5.77. The van der Waals surface area contributed by atoms with Gasteiger partial charge < -0.3 is 10.1 Å². The number of aromatic nitrogens is 1. The highest BCUT2D eigenvalue weighted by atomic mass is 16.5. The molecule has 186 valence electrons. The van der Waals surface area contributed by atoms with Gasteiger partial charge in [0.1, 0.15) is 5.75 Å². The molecule has 3 heteroatoms. The molecule has 0 aliphatic rings. The third-order valence-corrected chi connectivity index (χ3v) is 6.70. The van der Waals surface area contributed by atoms with E-state index in [1.807, 2.05) is 12.1 Å². The number of pyridine rings is 1. The summed E-state index contributed by atoms with van der Waals surface area (Å²) in [6.45, 7) is 7.29. The van der Waals surface area contributed by atoms with Crippen LogP contribution in [-0.2, 0) is 0 Å². The molecule has 0 aliphatic heterocycles. The molecule has 1 heterocycles. The third-order valence-electron chi connectivity index (χ3n) is 6.70. The van der Waals surface area contributed by atoms with Gasteiger partial charge in [0.2, 0.25) is 0 Å². The van der Waals surface area contributed by atoms with E-state index in [2.05, 4.69) is 98.9 Å². The van der Waals surface area contributed by atoms with E-state index in [-0.39, 0.29) is 0 Å². The predicted octanol–water partition coefficient (Wildman–Crippen LogP) is 9.52. The van der Waals surface area contributed by atoms with E-state index in [0.717, 1.165) is 52.7 Å². The molecule has 0 amide bonds. The standard InChI is InChI=1S/C33H38N2O/c1-4-5-6-7-8-14-22-36-33-21-13-12-19-29(33)32-24-28(34-30-20-15-16-25(2)26(30)3)23-31(35-32)27-17-10-9-11-18-27/h9-13,15-21,23-24H,4-8,14,22H2,1-3H3,(H,34,35). The molecule has 0 saturated carbocycles.